The van der Waals surface area contributed by atoms with Crippen LogP contribution < -0.4 is 5.32 Å². The average Bonchev–Trinajstić information content (AvgIpc) is 3.09. The molecule has 1 saturated heterocycles. The Balaban J connectivity index is 1.44. The zero-order valence-corrected chi connectivity index (χ0v) is 14.0. The zero-order valence-electron chi connectivity index (χ0n) is 14.0. The Hall–Kier alpha value is -2.28. The molecule has 7 heteroatoms. The van der Waals surface area contributed by atoms with Crippen molar-refractivity contribution >= 4 is 5.91 Å². The lowest BCUT2D eigenvalue weighted by Crippen LogP contribution is -2.37. The van der Waals surface area contributed by atoms with Crippen LogP contribution in [0.2, 0.25) is 0 Å². The summed E-state index contributed by atoms with van der Waals surface area (Å²) in [5.41, 5.74) is 0.902. The fourth-order valence-corrected chi connectivity index (χ4v) is 3.08. The number of nitrogens with one attached hydrogen (secondary N) is 2. The molecule has 1 aliphatic heterocycles. The first-order valence-corrected chi connectivity index (χ1v) is 8.51. The van der Waals surface area contributed by atoms with Crippen LogP contribution in [-0.2, 0) is 11.3 Å². The van der Waals surface area contributed by atoms with E-state index in [-0.39, 0.29) is 5.91 Å². The van der Waals surface area contributed by atoms with Gasteiger partial charge in [-0.1, -0.05) is 6.42 Å². The number of hydrogen-bond donors (Lipinski definition) is 2. The third-order valence-electron chi connectivity index (χ3n) is 4.55. The summed E-state index contributed by atoms with van der Waals surface area (Å²) in [7, 11) is 2.15. The maximum atomic E-state index is 12.0. The second-order valence-electron chi connectivity index (χ2n) is 6.29. The monoisotopic (exact) mass is 328 g/mol. The van der Waals surface area contributed by atoms with Gasteiger partial charge in [0.15, 0.2) is 5.82 Å². The van der Waals surface area contributed by atoms with Gasteiger partial charge in [-0.15, -0.1) is 0 Å². The van der Waals surface area contributed by atoms with Gasteiger partial charge in [-0.25, -0.2) is 4.98 Å². The maximum absolute atomic E-state index is 12.0. The van der Waals surface area contributed by atoms with Gasteiger partial charge in [0, 0.05) is 30.4 Å². The Bertz CT molecular complexity index is 656. The first kappa shape index (κ1) is 16.6. The molecule has 0 spiro atoms. The number of pyridine rings is 1. The minimum atomic E-state index is 0.0656. The molecule has 1 aliphatic rings. The summed E-state index contributed by atoms with van der Waals surface area (Å²) >= 11 is 0. The molecule has 7 nitrogen and oxygen atoms in total. The number of piperidine rings is 1. The Labute approximate surface area is 141 Å². The second-order valence-corrected chi connectivity index (χ2v) is 6.29. The summed E-state index contributed by atoms with van der Waals surface area (Å²) < 4.78 is 0. The zero-order chi connectivity index (χ0) is 16.8. The van der Waals surface area contributed by atoms with E-state index in [4.69, 9.17) is 0 Å². The topological polar surface area (TPSA) is 86.8 Å². The number of hydrogen-bond acceptors (Lipinski definition) is 5. The van der Waals surface area contributed by atoms with Crippen molar-refractivity contribution in [2.75, 3.05) is 13.6 Å². The Morgan fingerprint density at radius 1 is 1.38 bits per heavy atom. The van der Waals surface area contributed by atoms with Gasteiger partial charge in [-0.3, -0.25) is 14.9 Å². The predicted octanol–water partition coefficient (Wildman–Crippen LogP) is 1.75. The Morgan fingerprint density at radius 3 is 3.00 bits per heavy atom. The van der Waals surface area contributed by atoms with E-state index >= 15 is 0 Å². The Morgan fingerprint density at radius 2 is 2.21 bits per heavy atom. The molecule has 0 aliphatic carbocycles. The van der Waals surface area contributed by atoms with Gasteiger partial charge in [0.1, 0.15) is 5.82 Å². The van der Waals surface area contributed by atoms with Crippen LogP contribution in [0.5, 0.6) is 0 Å². The van der Waals surface area contributed by atoms with Gasteiger partial charge in [0.25, 0.3) is 0 Å². The predicted molar refractivity (Wildman–Crippen MR) is 91.0 cm³/mol. The molecule has 3 rings (SSSR count). The number of nitrogens with zero attached hydrogens (tertiary/aromatic N) is 4. The van der Waals surface area contributed by atoms with Crippen molar-refractivity contribution in [3.05, 3.63) is 30.4 Å². The van der Waals surface area contributed by atoms with E-state index in [2.05, 4.69) is 37.4 Å². The summed E-state index contributed by atoms with van der Waals surface area (Å²) in [6.07, 6.45) is 8.62. The number of carbonyl (C=O) groups excluding carboxylic acids is 1. The normalized spacial score (nSPS) is 18.5. The fraction of sp³-hybridized carbons (Fsp3) is 0.529. The van der Waals surface area contributed by atoms with Crippen LogP contribution in [0.4, 0.5) is 0 Å². The van der Waals surface area contributed by atoms with E-state index < -0.39 is 0 Å². The number of aromatic nitrogens is 4. The van der Waals surface area contributed by atoms with Crippen molar-refractivity contribution < 1.29 is 4.79 Å². The van der Waals surface area contributed by atoms with E-state index in [0.29, 0.717) is 30.7 Å². The van der Waals surface area contributed by atoms with Crippen LogP contribution in [0.25, 0.3) is 11.4 Å². The first-order chi connectivity index (χ1) is 11.7. The Kier molecular flexibility index (Phi) is 5.53. The third kappa shape index (κ3) is 4.38. The van der Waals surface area contributed by atoms with Gasteiger partial charge in [0.2, 0.25) is 5.91 Å². The maximum Gasteiger partial charge on any atom is 0.220 e. The molecule has 2 aromatic heterocycles. The summed E-state index contributed by atoms with van der Waals surface area (Å²) in [6, 6.07) is 4.24. The minimum absolute atomic E-state index is 0.0656. The van der Waals surface area contributed by atoms with Crippen molar-refractivity contribution in [3.8, 4) is 11.4 Å². The van der Waals surface area contributed by atoms with Gasteiger partial charge in [-0.2, -0.15) is 5.10 Å². The van der Waals surface area contributed by atoms with Crippen molar-refractivity contribution in [1.82, 2.24) is 30.4 Å². The number of aromatic amines is 1. The van der Waals surface area contributed by atoms with Crippen LogP contribution in [0.15, 0.2) is 24.5 Å². The smallest absolute Gasteiger partial charge is 0.220 e. The number of rotatable bonds is 6. The van der Waals surface area contributed by atoms with Crippen LogP contribution >= 0.6 is 0 Å². The van der Waals surface area contributed by atoms with Crippen LogP contribution in [-0.4, -0.2) is 50.6 Å². The molecule has 2 aromatic rings. The van der Waals surface area contributed by atoms with Gasteiger partial charge < -0.3 is 10.2 Å². The molecule has 0 radical (unpaired) electrons. The van der Waals surface area contributed by atoms with Crippen LogP contribution in [0.1, 0.15) is 37.9 Å². The highest BCUT2D eigenvalue weighted by molar-refractivity contribution is 5.75. The third-order valence-corrected chi connectivity index (χ3v) is 4.55. The lowest BCUT2D eigenvalue weighted by molar-refractivity contribution is -0.121. The van der Waals surface area contributed by atoms with Crippen molar-refractivity contribution in [2.45, 2.75) is 44.7 Å². The van der Waals surface area contributed by atoms with Gasteiger partial charge in [0.05, 0.1) is 6.54 Å². The molecule has 3 heterocycles. The summed E-state index contributed by atoms with van der Waals surface area (Å²) in [4.78, 5) is 22.8. The average molecular weight is 328 g/mol. The molecule has 1 atom stereocenters. The molecule has 128 valence electrons. The summed E-state index contributed by atoms with van der Waals surface area (Å²) in [5, 5.41) is 9.95. The minimum Gasteiger partial charge on any atom is -0.349 e. The molecular formula is C17H24N6O. The van der Waals surface area contributed by atoms with Crippen LogP contribution in [0.3, 0.4) is 0 Å². The van der Waals surface area contributed by atoms with Gasteiger partial charge >= 0.3 is 0 Å². The molecule has 24 heavy (non-hydrogen) atoms. The number of carbonyl (C=O) groups is 1. The molecule has 1 amide bonds. The van der Waals surface area contributed by atoms with Crippen molar-refractivity contribution in [3.63, 3.8) is 0 Å². The standard InChI is InChI=1S/C17H24N6O/c1-23-11-3-2-4-14(23)5-6-16(24)19-12-15-20-17(22-21-15)13-7-9-18-10-8-13/h7-10,14H,2-6,11-12H2,1H3,(H,19,24)(H,20,21,22)/t14-/m1/s1. The lowest BCUT2D eigenvalue weighted by atomic mass is 9.98. The molecule has 0 aromatic carbocycles. The summed E-state index contributed by atoms with van der Waals surface area (Å²) in [6.45, 7) is 1.51. The number of amides is 1. The highest BCUT2D eigenvalue weighted by atomic mass is 16.1. The molecule has 0 unspecified atom stereocenters. The first-order valence-electron chi connectivity index (χ1n) is 8.51. The highest BCUT2D eigenvalue weighted by Crippen LogP contribution is 2.19. The van der Waals surface area contributed by atoms with Crippen molar-refractivity contribution in [2.24, 2.45) is 0 Å². The quantitative estimate of drug-likeness (QED) is 0.843. The van der Waals surface area contributed by atoms with Crippen LogP contribution in [0, 0.1) is 0 Å². The van der Waals surface area contributed by atoms with E-state index in [1.54, 1.807) is 12.4 Å². The molecule has 0 bridgehead atoms. The lowest BCUT2D eigenvalue weighted by Gasteiger charge is -2.32. The molecule has 1 fully saturated rings. The number of H-pyrrole nitrogens is 1. The van der Waals surface area contributed by atoms with E-state index in [0.717, 1.165) is 18.5 Å². The van der Waals surface area contributed by atoms with Gasteiger partial charge in [-0.05, 0) is 45.0 Å². The number of likely N-dealkylation sites (tertiary alicyclic amines) is 1. The van der Waals surface area contributed by atoms with E-state index in [1.807, 2.05) is 12.1 Å². The van der Waals surface area contributed by atoms with Crippen molar-refractivity contribution in [1.29, 1.82) is 0 Å². The fourth-order valence-electron chi connectivity index (χ4n) is 3.08. The summed E-state index contributed by atoms with van der Waals surface area (Å²) in [5.74, 6) is 1.34. The SMILES string of the molecule is CN1CCCC[C@@H]1CCC(=O)NCc1nc(-c2ccncc2)n[nH]1. The second kappa shape index (κ2) is 8.01. The molecule has 2 N–H and O–H groups in total. The van der Waals surface area contributed by atoms with E-state index in [1.165, 1.54) is 19.3 Å². The highest BCUT2D eigenvalue weighted by Gasteiger charge is 2.19. The van der Waals surface area contributed by atoms with E-state index in [9.17, 15) is 4.79 Å². The molecule has 0 saturated carbocycles. The molecular weight excluding hydrogens is 304 g/mol. The largest absolute Gasteiger partial charge is 0.349 e.